The van der Waals surface area contributed by atoms with Crippen LogP contribution in [0.4, 0.5) is 0 Å². The van der Waals surface area contributed by atoms with Gasteiger partial charge in [0.2, 0.25) is 0 Å². The predicted octanol–water partition coefficient (Wildman–Crippen LogP) is 2.81. The molecule has 0 nitrogen and oxygen atoms in total. The van der Waals surface area contributed by atoms with Gasteiger partial charge in [0.05, 0.1) is 0 Å². The van der Waals surface area contributed by atoms with E-state index in [0.29, 0.717) is 0 Å². The first-order valence-corrected chi connectivity index (χ1v) is 3.81. The molecule has 0 unspecified atom stereocenters. The Balaban J connectivity index is 2.59. The summed E-state index contributed by atoms with van der Waals surface area (Å²) in [5, 5.41) is 0. The molecule has 0 amide bonds. The zero-order valence-electron chi connectivity index (χ0n) is 6.38. The molecule has 0 saturated heterocycles. The third kappa shape index (κ3) is 1.01. The standard InChI is InChI=1S/C11H10/c1-9-5-4-7-10-6-2-3-8-11(9)10/h2-6,8H,1,7H2. The van der Waals surface area contributed by atoms with E-state index >= 15 is 0 Å². The molecule has 11 heavy (non-hydrogen) atoms. The van der Waals surface area contributed by atoms with Gasteiger partial charge in [-0.05, 0) is 23.1 Å². The SMILES string of the molecule is C=C1C=CCc2ccccc21. The third-order valence-corrected chi connectivity index (χ3v) is 2.02. The maximum absolute atomic E-state index is 3.97. The Kier molecular flexibility index (Phi) is 1.39. The minimum Gasteiger partial charge on any atom is -0.0912 e. The van der Waals surface area contributed by atoms with Crippen LogP contribution < -0.4 is 0 Å². The summed E-state index contributed by atoms with van der Waals surface area (Å²) in [5.41, 5.74) is 3.82. The van der Waals surface area contributed by atoms with Gasteiger partial charge in [-0.3, -0.25) is 0 Å². The molecule has 1 aliphatic rings. The van der Waals surface area contributed by atoms with Crippen molar-refractivity contribution in [2.45, 2.75) is 6.42 Å². The van der Waals surface area contributed by atoms with Gasteiger partial charge in [-0.15, -0.1) is 0 Å². The highest BCUT2D eigenvalue weighted by atomic mass is 14.1. The van der Waals surface area contributed by atoms with Gasteiger partial charge >= 0.3 is 0 Å². The summed E-state index contributed by atoms with van der Waals surface area (Å²) in [6, 6.07) is 8.42. The van der Waals surface area contributed by atoms with Crippen LogP contribution in [0.5, 0.6) is 0 Å². The number of hydrogen-bond donors (Lipinski definition) is 0. The first kappa shape index (κ1) is 6.41. The molecule has 1 aliphatic carbocycles. The molecular formula is C11H10. The van der Waals surface area contributed by atoms with Crippen LogP contribution >= 0.6 is 0 Å². The lowest BCUT2D eigenvalue weighted by atomic mass is 9.94. The van der Waals surface area contributed by atoms with Crippen molar-refractivity contribution in [3.63, 3.8) is 0 Å². The Morgan fingerprint density at radius 2 is 2.00 bits per heavy atom. The quantitative estimate of drug-likeness (QED) is 0.522. The molecule has 0 bridgehead atoms. The molecule has 0 aliphatic heterocycles. The van der Waals surface area contributed by atoms with Crippen LogP contribution in [-0.2, 0) is 6.42 Å². The first-order chi connectivity index (χ1) is 5.38. The van der Waals surface area contributed by atoms with Crippen LogP contribution in [0, 0.1) is 0 Å². The summed E-state index contributed by atoms with van der Waals surface area (Å²) in [4.78, 5) is 0. The van der Waals surface area contributed by atoms with Crippen molar-refractivity contribution < 1.29 is 0 Å². The summed E-state index contributed by atoms with van der Waals surface area (Å²) in [6.45, 7) is 3.97. The maximum Gasteiger partial charge on any atom is -0.00880 e. The molecule has 0 aromatic heterocycles. The van der Waals surface area contributed by atoms with E-state index in [1.807, 2.05) is 0 Å². The molecular weight excluding hydrogens is 132 g/mol. The summed E-state index contributed by atoms with van der Waals surface area (Å²) < 4.78 is 0. The minimum atomic E-state index is 1.05. The lowest BCUT2D eigenvalue weighted by molar-refractivity contribution is 1.23. The zero-order chi connectivity index (χ0) is 7.68. The van der Waals surface area contributed by atoms with E-state index in [0.717, 1.165) is 12.0 Å². The van der Waals surface area contributed by atoms with E-state index in [4.69, 9.17) is 0 Å². The molecule has 0 fully saturated rings. The van der Waals surface area contributed by atoms with Gasteiger partial charge in [0.1, 0.15) is 0 Å². The monoisotopic (exact) mass is 142 g/mol. The third-order valence-electron chi connectivity index (χ3n) is 2.02. The molecule has 0 atom stereocenters. The van der Waals surface area contributed by atoms with Crippen molar-refractivity contribution in [1.29, 1.82) is 0 Å². The van der Waals surface area contributed by atoms with Gasteiger partial charge in [-0.2, -0.15) is 0 Å². The normalized spacial score (nSPS) is 14.7. The topological polar surface area (TPSA) is 0 Å². The lowest BCUT2D eigenvalue weighted by Crippen LogP contribution is -1.94. The highest BCUT2D eigenvalue weighted by Gasteiger charge is 2.04. The summed E-state index contributed by atoms with van der Waals surface area (Å²) in [6.07, 6.45) is 5.29. The predicted molar refractivity (Wildman–Crippen MR) is 48.3 cm³/mol. The molecule has 0 heteroatoms. The lowest BCUT2D eigenvalue weighted by Gasteiger charge is -2.11. The second-order valence-corrected chi connectivity index (χ2v) is 2.79. The Labute approximate surface area is 66.9 Å². The largest absolute Gasteiger partial charge is 0.0912 e. The molecule has 1 aromatic carbocycles. The van der Waals surface area contributed by atoms with Crippen LogP contribution in [0.1, 0.15) is 11.1 Å². The number of benzene rings is 1. The second-order valence-electron chi connectivity index (χ2n) is 2.79. The van der Waals surface area contributed by atoms with E-state index in [1.165, 1.54) is 11.1 Å². The number of fused-ring (bicyclic) bond motifs is 1. The maximum atomic E-state index is 3.97. The van der Waals surface area contributed by atoms with E-state index in [1.54, 1.807) is 0 Å². The molecule has 0 radical (unpaired) electrons. The van der Waals surface area contributed by atoms with Crippen molar-refractivity contribution in [3.8, 4) is 0 Å². The van der Waals surface area contributed by atoms with E-state index < -0.39 is 0 Å². The van der Waals surface area contributed by atoms with E-state index in [9.17, 15) is 0 Å². The molecule has 0 spiro atoms. The summed E-state index contributed by atoms with van der Waals surface area (Å²) >= 11 is 0. The number of allylic oxidation sites excluding steroid dienone is 3. The van der Waals surface area contributed by atoms with Crippen molar-refractivity contribution in [2.75, 3.05) is 0 Å². The van der Waals surface area contributed by atoms with Crippen molar-refractivity contribution in [3.05, 3.63) is 54.1 Å². The Morgan fingerprint density at radius 1 is 1.18 bits per heavy atom. The molecule has 54 valence electrons. The summed E-state index contributed by atoms with van der Waals surface area (Å²) in [7, 11) is 0. The van der Waals surface area contributed by atoms with Crippen molar-refractivity contribution >= 4 is 5.57 Å². The molecule has 2 rings (SSSR count). The van der Waals surface area contributed by atoms with Crippen LogP contribution in [0.25, 0.3) is 5.57 Å². The first-order valence-electron chi connectivity index (χ1n) is 3.81. The fourth-order valence-corrected chi connectivity index (χ4v) is 1.43. The van der Waals surface area contributed by atoms with Gasteiger partial charge in [0, 0.05) is 0 Å². The Bertz CT molecular complexity index is 319. The number of hydrogen-bond acceptors (Lipinski definition) is 0. The minimum absolute atomic E-state index is 1.05. The van der Waals surface area contributed by atoms with Crippen LogP contribution in [0.15, 0.2) is 43.0 Å². The van der Waals surface area contributed by atoms with E-state index in [-0.39, 0.29) is 0 Å². The highest BCUT2D eigenvalue weighted by molar-refractivity contribution is 5.76. The Morgan fingerprint density at radius 3 is 2.82 bits per heavy atom. The second kappa shape index (κ2) is 2.39. The van der Waals surface area contributed by atoms with E-state index in [2.05, 4.69) is 43.0 Å². The number of rotatable bonds is 0. The molecule has 0 N–H and O–H groups in total. The van der Waals surface area contributed by atoms with Crippen LogP contribution in [0.2, 0.25) is 0 Å². The van der Waals surface area contributed by atoms with Gasteiger partial charge in [-0.25, -0.2) is 0 Å². The van der Waals surface area contributed by atoms with Gasteiger partial charge in [-0.1, -0.05) is 43.0 Å². The van der Waals surface area contributed by atoms with Gasteiger partial charge in [0.15, 0.2) is 0 Å². The fourth-order valence-electron chi connectivity index (χ4n) is 1.43. The highest BCUT2D eigenvalue weighted by Crippen LogP contribution is 2.23. The average Bonchev–Trinajstić information content (AvgIpc) is 2.06. The van der Waals surface area contributed by atoms with Crippen molar-refractivity contribution in [1.82, 2.24) is 0 Å². The Hall–Kier alpha value is -1.30. The zero-order valence-corrected chi connectivity index (χ0v) is 6.38. The van der Waals surface area contributed by atoms with Crippen LogP contribution in [-0.4, -0.2) is 0 Å². The fraction of sp³-hybridized carbons (Fsp3) is 0.0909. The molecule has 0 saturated carbocycles. The molecule has 0 heterocycles. The van der Waals surface area contributed by atoms with Gasteiger partial charge in [0.25, 0.3) is 0 Å². The summed E-state index contributed by atoms with van der Waals surface area (Å²) in [5.74, 6) is 0. The van der Waals surface area contributed by atoms with Crippen molar-refractivity contribution in [2.24, 2.45) is 0 Å². The average molecular weight is 142 g/mol. The smallest absolute Gasteiger partial charge is 0.00880 e. The van der Waals surface area contributed by atoms with Crippen LogP contribution in [0.3, 0.4) is 0 Å². The molecule has 1 aromatic rings. The van der Waals surface area contributed by atoms with Gasteiger partial charge < -0.3 is 0 Å².